The van der Waals surface area contributed by atoms with Gasteiger partial charge >= 0.3 is 0 Å². The maximum atomic E-state index is 13.0. The lowest BCUT2D eigenvalue weighted by Crippen LogP contribution is -2.11. The molecule has 0 radical (unpaired) electrons. The van der Waals surface area contributed by atoms with E-state index in [-0.39, 0.29) is 17.2 Å². The number of hydrogen-bond acceptors (Lipinski definition) is 6. The summed E-state index contributed by atoms with van der Waals surface area (Å²) in [4.78, 5) is 28.6. The Balaban J connectivity index is 1.42. The van der Waals surface area contributed by atoms with Crippen LogP contribution in [0.3, 0.4) is 0 Å². The minimum Gasteiger partial charge on any atom is -0.451 e. The van der Waals surface area contributed by atoms with Crippen LogP contribution in [0.5, 0.6) is 0 Å². The third-order valence-electron chi connectivity index (χ3n) is 6.18. The summed E-state index contributed by atoms with van der Waals surface area (Å²) in [5, 5.41) is 14.3. The van der Waals surface area contributed by atoms with Crippen LogP contribution in [-0.2, 0) is 0 Å². The monoisotopic (exact) mass is 481 g/mol. The fourth-order valence-electron chi connectivity index (χ4n) is 3.98. The van der Waals surface area contributed by atoms with Gasteiger partial charge in [-0.15, -0.1) is 0 Å². The Morgan fingerprint density at radius 3 is 2.44 bits per heavy atom. The van der Waals surface area contributed by atoms with E-state index in [4.69, 9.17) is 8.83 Å². The second-order valence-corrected chi connectivity index (χ2v) is 8.85. The number of oxazole rings is 1. The van der Waals surface area contributed by atoms with Gasteiger partial charge in [0.25, 0.3) is 11.6 Å². The van der Waals surface area contributed by atoms with Crippen LogP contribution in [0.15, 0.2) is 69.5 Å². The molecule has 8 nitrogen and oxygen atoms in total. The van der Waals surface area contributed by atoms with Crippen LogP contribution in [0.25, 0.3) is 33.9 Å². The highest BCUT2D eigenvalue weighted by Gasteiger charge is 2.21. The number of rotatable bonds is 5. The van der Waals surface area contributed by atoms with E-state index in [1.54, 1.807) is 31.2 Å². The van der Waals surface area contributed by atoms with Gasteiger partial charge in [-0.2, -0.15) is 0 Å². The summed E-state index contributed by atoms with van der Waals surface area (Å²) in [6.45, 7) is 7.70. The van der Waals surface area contributed by atoms with Crippen LogP contribution < -0.4 is 5.32 Å². The molecule has 1 amide bonds. The van der Waals surface area contributed by atoms with Crippen molar-refractivity contribution in [1.82, 2.24) is 4.98 Å². The van der Waals surface area contributed by atoms with Crippen molar-refractivity contribution in [2.24, 2.45) is 0 Å². The Morgan fingerprint density at radius 2 is 1.67 bits per heavy atom. The van der Waals surface area contributed by atoms with Crippen molar-refractivity contribution in [3.8, 4) is 22.8 Å². The van der Waals surface area contributed by atoms with E-state index in [2.05, 4.69) is 10.3 Å². The highest BCUT2D eigenvalue weighted by atomic mass is 16.6. The summed E-state index contributed by atoms with van der Waals surface area (Å²) in [6.07, 6.45) is 0. The molecule has 1 N–H and O–H groups in total. The molecule has 2 aromatic heterocycles. The smallest absolute Gasteiger partial charge is 0.291 e. The molecule has 3 aromatic carbocycles. The minimum absolute atomic E-state index is 0.0393. The van der Waals surface area contributed by atoms with Crippen LogP contribution in [0.2, 0.25) is 0 Å². The summed E-state index contributed by atoms with van der Waals surface area (Å²) >= 11 is 0. The van der Waals surface area contributed by atoms with Gasteiger partial charge < -0.3 is 14.2 Å². The maximum Gasteiger partial charge on any atom is 0.291 e. The first-order chi connectivity index (χ1) is 17.2. The summed E-state index contributed by atoms with van der Waals surface area (Å²) in [5.74, 6) is 0.268. The topological polar surface area (TPSA) is 111 Å². The Morgan fingerprint density at radius 1 is 0.889 bits per heavy atom. The van der Waals surface area contributed by atoms with E-state index in [0.717, 1.165) is 33.3 Å². The first-order valence-electron chi connectivity index (χ1n) is 11.3. The van der Waals surface area contributed by atoms with Crippen LogP contribution in [0.1, 0.15) is 32.8 Å². The van der Waals surface area contributed by atoms with Crippen LogP contribution in [0, 0.1) is 37.8 Å². The molecular formula is C28H23N3O5. The normalized spacial score (nSPS) is 11.1. The zero-order chi connectivity index (χ0) is 25.6. The summed E-state index contributed by atoms with van der Waals surface area (Å²) in [5.41, 5.74) is 6.85. The Hall–Kier alpha value is -4.72. The molecule has 0 atom stereocenters. The van der Waals surface area contributed by atoms with E-state index in [9.17, 15) is 14.9 Å². The van der Waals surface area contributed by atoms with Gasteiger partial charge in [-0.05, 0) is 92.4 Å². The maximum absolute atomic E-state index is 13.0. The first-order valence-corrected chi connectivity index (χ1v) is 11.3. The number of benzene rings is 3. The number of nitro benzene ring substituents is 1. The third-order valence-corrected chi connectivity index (χ3v) is 6.18. The molecule has 0 saturated heterocycles. The summed E-state index contributed by atoms with van der Waals surface area (Å²) < 4.78 is 11.7. The number of carbonyl (C=O) groups is 1. The molecule has 180 valence electrons. The molecule has 0 fully saturated rings. The second kappa shape index (κ2) is 8.81. The SMILES string of the molecule is Cc1ccc(-c2ccc(C(=O)Nc3cc(-c4nc5cc(C)c(C)cc5o4)ccc3C)o2)c([N+](=O)[O-])c1. The van der Waals surface area contributed by atoms with Crippen molar-refractivity contribution in [2.75, 3.05) is 5.32 Å². The molecule has 0 aliphatic rings. The van der Waals surface area contributed by atoms with Crippen molar-refractivity contribution in [2.45, 2.75) is 27.7 Å². The lowest BCUT2D eigenvalue weighted by molar-refractivity contribution is -0.384. The molecule has 0 bridgehead atoms. The number of nitrogens with one attached hydrogen (secondary N) is 1. The van der Waals surface area contributed by atoms with Crippen LogP contribution in [0.4, 0.5) is 11.4 Å². The van der Waals surface area contributed by atoms with Gasteiger partial charge in [-0.1, -0.05) is 12.1 Å². The van der Waals surface area contributed by atoms with Crippen molar-refractivity contribution in [3.05, 3.63) is 98.8 Å². The molecule has 0 spiro atoms. The molecule has 2 heterocycles. The molecule has 5 aromatic rings. The molecule has 36 heavy (non-hydrogen) atoms. The predicted molar refractivity (Wildman–Crippen MR) is 137 cm³/mol. The van der Waals surface area contributed by atoms with E-state index in [0.29, 0.717) is 22.7 Å². The highest BCUT2D eigenvalue weighted by Crippen LogP contribution is 2.33. The molecule has 5 rings (SSSR count). The zero-order valence-electron chi connectivity index (χ0n) is 20.2. The molecule has 0 aliphatic carbocycles. The third kappa shape index (κ3) is 4.24. The Kier molecular flexibility index (Phi) is 5.64. The van der Waals surface area contributed by atoms with Gasteiger partial charge in [0.1, 0.15) is 11.3 Å². The number of fused-ring (bicyclic) bond motifs is 1. The number of furan rings is 1. The number of aromatic nitrogens is 1. The number of nitrogens with zero attached hydrogens (tertiary/aromatic N) is 2. The quantitative estimate of drug-likeness (QED) is 0.211. The van der Waals surface area contributed by atoms with Crippen LogP contribution in [-0.4, -0.2) is 15.8 Å². The van der Waals surface area contributed by atoms with Gasteiger partial charge in [0, 0.05) is 17.3 Å². The van der Waals surface area contributed by atoms with Crippen molar-refractivity contribution < 1.29 is 18.6 Å². The number of amides is 1. The lowest BCUT2D eigenvalue weighted by atomic mass is 10.1. The number of anilines is 1. The van der Waals surface area contributed by atoms with Crippen molar-refractivity contribution in [3.63, 3.8) is 0 Å². The number of carbonyl (C=O) groups excluding carboxylic acids is 1. The van der Waals surface area contributed by atoms with Gasteiger partial charge in [0.05, 0.1) is 10.5 Å². The van der Waals surface area contributed by atoms with Gasteiger partial charge in [-0.3, -0.25) is 14.9 Å². The van der Waals surface area contributed by atoms with Crippen molar-refractivity contribution >= 4 is 28.4 Å². The standard InChI is InChI=1S/C28H23N3O5/c1-15-5-8-20(23(11-15)31(33)34)24-9-10-25(35-24)27(32)29-21-14-19(7-6-16(21)2)28-30-22-12-17(3)18(4)13-26(22)36-28/h5-14H,1-4H3,(H,29,32). The summed E-state index contributed by atoms with van der Waals surface area (Å²) in [6, 6.07) is 17.4. The fourth-order valence-corrected chi connectivity index (χ4v) is 3.98. The average Bonchev–Trinajstić information content (AvgIpc) is 3.48. The molecule has 0 aliphatic heterocycles. The van der Waals surface area contributed by atoms with Gasteiger partial charge in [0.2, 0.25) is 5.89 Å². The molecule has 0 saturated carbocycles. The van der Waals surface area contributed by atoms with Crippen LogP contribution >= 0.6 is 0 Å². The highest BCUT2D eigenvalue weighted by molar-refractivity contribution is 6.03. The van der Waals surface area contributed by atoms with Gasteiger partial charge in [0.15, 0.2) is 11.3 Å². The molecule has 0 unspecified atom stereocenters. The average molecular weight is 482 g/mol. The number of nitro groups is 1. The molecule has 8 heteroatoms. The minimum atomic E-state index is -0.472. The number of hydrogen-bond donors (Lipinski definition) is 1. The van der Waals surface area contributed by atoms with E-state index in [1.807, 2.05) is 45.0 Å². The Bertz CT molecular complexity index is 1620. The fraction of sp³-hybridized carbons (Fsp3) is 0.143. The van der Waals surface area contributed by atoms with Crippen molar-refractivity contribution in [1.29, 1.82) is 0 Å². The van der Waals surface area contributed by atoms with E-state index >= 15 is 0 Å². The number of aryl methyl sites for hydroxylation is 4. The molecular weight excluding hydrogens is 458 g/mol. The first kappa shape index (κ1) is 23.0. The largest absolute Gasteiger partial charge is 0.451 e. The lowest BCUT2D eigenvalue weighted by Gasteiger charge is -2.08. The van der Waals surface area contributed by atoms with Gasteiger partial charge in [-0.25, -0.2) is 4.98 Å². The Labute approximate surface area is 206 Å². The van der Waals surface area contributed by atoms with E-state index < -0.39 is 10.8 Å². The summed E-state index contributed by atoms with van der Waals surface area (Å²) in [7, 11) is 0. The van der Waals surface area contributed by atoms with E-state index in [1.165, 1.54) is 12.1 Å². The zero-order valence-corrected chi connectivity index (χ0v) is 20.2. The predicted octanol–water partition coefficient (Wildman–Crippen LogP) is 7.15. The second-order valence-electron chi connectivity index (χ2n) is 8.85.